The molecule has 0 radical (unpaired) electrons. The predicted molar refractivity (Wildman–Crippen MR) is 73.9 cm³/mol. The number of hydrogen-bond donors (Lipinski definition) is 1. The molecule has 3 nitrogen and oxygen atoms in total. The minimum Gasteiger partial charge on any atom is -0.473 e. The maximum atomic E-state index is 5.70. The van der Waals surface area contributed by atoms with Crippen LogP contribution in [-0.2, 0) is 0 Å². The van der Waals surface area contributed by atoms with E-state index in [1.165, 1.54) is 6.42 Å². The average Bonchev–Trinajstić information content (AvgIpc) is 2.66. The van der Waals surface area contributed by atoms with Gasteiger partial charge in [-0.3, -0.25) is 0 Å². The van der Waals surface area contributed by atoms with E-state index in [0.717, 1.165) is 16.7 Å². The molecule has 2 rings (SSSR count). The Balaban J connectivity index is 2.04. The van der Waals surface area contributed by atoms with Crippen LogP contribution in [0.25, 0.3) is 0 Å². The largest absolute Gasteiger partial charge is 0.473 e. The van der Waals surface area contributed by atoms with Gasteiger partial charge in [0.25, 0.3) is 0 Å². The van der Waals surface area contributed by atoms with Crippen LogP contribution >= 0.6 is 11.8 Å². The fraction of sp³-hybridized carbons (Fsp3) is 0.615. The molecule has 1 aliphatic heterocycles. The average molecular weight is 252 g/mol. The fourth-order valence-electron chi connectivity index (χ4n) is 1.96. The van der Waals surface area contributed by atoms with Crippen molar-refractivity contribution < 1.29 is 4.74 Å². The van der Waals surface area contributed by atoms with Crippen molar-refractivity contribution in [1.29, 1.82) is 0 Å². The lowest BCUT2D eigenvalue weighted by Gasteiger charge is -2.17. The summed E-state index contributed by atoms with van der Waals surface area (Å²) in [5, 5.41) is 4.29. The molecule has 0 saturated carbocycles. The molecule has 2 unspecified atom stereocenters. The van der Waals surface area contributed by atoms with E-state index in [2.05, 4.69) is 17.2 Å². The second-order valence-electron chi connectivity index (χ2n) is 4.74. The Morgan fingerprint density at radius 1 is 1.53 bits per heavy atom. The molecule has 1 N–H and O–H groups in total. The predicted octanol–water partition coefficient (Wildman–Crippen LogP) is 3.17. The quantitative estimate of drug-likeness (QED) is 0.892. The summed E-state index contributed by atoms with van der Waals surface area (Å²) < 4.78 is 5.70. The highest BCUT2D eigenvalue weighted by atomic mass is 32.2. The standard InChI is InChI=1S/C13H20N2OS/c1-9(2)16-13-12(5-4-6-14-13)15-11-7-10(3)17-8-11/h4-6,9-11,15H,7-8H2,1-3H3. The van der Waals surface area contributed by atoms with Gasteiger partial charge in [-0.2, -0.15) is 11.8 Å². The summed E-state index contributed by atoms with van der Waals surface area (Å²) in [5.74, 6) is 1.88. The van der Waals surface area contributed by atoms with Crippen LogP contribution in [0.1, 0.15) is 27.2 Å². The van der Waals surface area contributed by atoms with E-state index < -0.39 is 0 Å². The van der Waals surface area contributed by atoms with Crippen LogP contribution in [0.5, 0.6) is 5.88 Å². The van der Waals surface area contributed by atoms with E-state index in [-0.39, 0.29) is 6.10 Å². The highest BCUT2D eigenvalue weighted by molar-refractivity contribution is 8.00. The number of nitrogens with zero attached hydrogens (tertiary/aromatic N) is 1. The molecule has 4 heteroatoms. The lowest BCUT2D eigenvalue weighted by atomic mass is 10.2. The Bertz CT molecular complexity index is 370. The normalized spacial score (nSPS) is 24.0. The van der Waals surface area contributed by atoms with E-state index in [4.69, 9.17) is 4.74 Å². The Hall–Kier alpha value is -0.900. The maximum absolute atomic E-state index is 5.70. The number of nitrogens with one attached hydrogen (secondary N) is 1. The lowest BCUT2D eigenvalue weighted by Crippen LogP contribution is -2.20. The monoisotopic (exact) mass is 252 g/mol. The highest BCUT2D eigenvalue weighted by Gasteiger charge is 2.22. The molecule has 0 amide bonds. The number of thioether (sulfide) groups is 1. The van der Waals surface area contributed by atoms with Gasteiger partial charge in [-0.15, -0.1) is 0 Å². The second-order valence-corrected chi connectivity index (χ2v) is 6.22. The molecule has 2 heterocycles. The number of aromatic nitrogens is 1. The molecule has 1 saturated heterocycles. The van der Waals surface area contributed by atoms with Gasteiger partial charge in [-0.1, -0.05) is 6.92 Å². The van der Waals surface area contributed by atoms with Crippen molar-refractivity contribution in [2.24, 2.45) is 0 Å². The molecule has 0 bridgehead atoms. The smallest absolute Gasteiger partial charge is 0.237 e. The van der Waals surface area contributed by atoms with Gasteiger partial charge in [-0.25, -0.2) is 4.98 Å². The van der Waals surface area contributed by atoms with Crippen molar-refractivity contribution in [3.05, 3.63) is 18.3 Å². The van der Waals surface area contributed by atoms with Crippen molar-refractivity contribution in [2.45, 2.75) is 44.6 Å². The minimum absolute atomic E-state index is 0.155. The maximum Gasteiger partial charge on any atom is 0.237 e. The van der Waals surface area contributed by atoms with Gasteiger partial charge in [0.05, 0.1) is 11.8 Å². The van der Waals surface area contributed by atoms with Crippen molar-refractivity contribution >= 4 is 17.4 Å². The van der Waals surface area contributed by atoms with Crippen molar-refractivity contribution in [3.63, 3.8) is 0 Å². The molecule has 94 valence electrons. The summed E-state index contributed by atoms with van der Waals surface area (Å²) in [7, 11) is 0. The fourth-order valence-corrected chi connectivity index (χ4v) is 3.10. The lowest BCUT2D eigenvalue weighted by molar-refractivity contribution is 0.234. The van der Waals surface area contributed by atoms with Crippen LogP contribution < -0.4 is 10.1 Å². The molecule has 17 heavy (non-hydrogen) atoms. The third-order valence-electron chi connectivity index (χ3n) is 2.68. The van der Waals surface area contributed by atoms with Gasteiger partial charge in [-0.05, 0) is 32.4 Å². The van der Waals surface area contributed by atoms with Crippen LogP contribution in [0.2, 0.25) is 0 Å². The summed E-state index contributed by atoms with van der Waals surface area (Å²) in [4.78, 5) is 4.29. The van der Waals surface area contributed by atoms with Crippen molar-refractivity contribution in [2.75, 3.05) is 11.1 Å². The van der Waals surface area contributed by atoms with Crippen LogP contribution in [-0.4, -0.2) is 28.1 Å². The highest BCUT2D eigenvalue weighted by Crippen LogP contribution is 2.30. The molecular weight excluding hydrogens is 232 g/mol. The van der Waals surface area contributed by atoms with Crippen LogP contribution in [0.3, 0.4) is 0 Å². The summed E-state index contributed by atoms with van der Waals surface area (Å²) >= 11 is 2.02. The van der Waals surface area contributed by atoms with E-state index >= 15 is 0 Å². The summed E-state index contributed by atoms with van der Waals surface area (Å²) in [6.07, 6.45) is 3.14. The van der Waals surface area contributed by atoms with Gasteiger partial charge in [0, 0.05) is 23.2 Å². The first kappa shape index (κ1) is 12.6. The van der Waals surface area contributed by atoms with Crippen LogP contribution in [0.4, 0.5) is 5.69 Å². The van der Waals surface area contributed by atoms with Crippen LogP contribution in [0, 0.1) is 0 Å². The number of anilines is 1. The second kappa shape index (κ2) is 5.63. The third kappa shape index (κ3) is 3.53. The topological polar surface area (TPSA) is 34.1 Å². The van der Waals surface area contributed by atoms with Gasteiger partial charge in [0.15, 0.2) is 0 Å². The van der Waals surface area contributed by atoms with Gasteiger partial charge in [0.1, 0.15) is 0 Å². The van der Waals surface area contributed by atoms with E-state index in [9.17, 15) is 0 Å². The van der Waals surface area contributed by atoms with E-state index in [0.29, 0.717) is 11.9 Å². The van der Waals surface area contributed by atoms with Gasteiger partial charge in [0.2, 0.25) is 5.88 Å². The van der Waals surface area contributed by atoms with Crippen molar-refractivity contribution in [3.8, 4) is 5.88 Å². The number of ether oxygens (including phenoxy) is 1. The molecule has 1 aliphatic rings. The first-order valence-corrected chi connectivity index (χ1v) is 7.20. The zero-order valence-electron chi connectivity index (χ0n) is 10.6. The SMILES string of the molecule is CC(C)Oc1ncccc1NC1CSC(C)C1. The van der Waals surface area contributed by atoms with Crippen LogP contribution in [0.15, 0.2) is 18.3 Å². The van der Waals surface area contributed by atoms with Gasteiger partial charge >= 0.3 is 0 Å². The third-order valence-corrected chi connectivity index (χ3v) is 4.03. The zero-order valence-corrected chi connectivity index (χ0v) is 11.5. The molecule has 1 aromatic heterocycles. The molecule has 1 fully saturated rings. The molecule has 0 spiro atoms. The number of hydrogen-bond acceptors (Lipinski definition) is 4. The minimum atomic E-state index is 0.155. The molecule has 0 aliphatic carbocycles. The molecule has 0 aromatic carbocycles. The Morgan fingerprint density at radius 2 is 2.35 bits per heavy atom. The number of pyridine rings is 1. The van der Waals surface area contributed by atoms with Gasteiger partial charge < -0.3 is 10.1 Å². The number of rotatable bonds is 4. The Morgan fingerprint density at radius 3 is 3.00 bits per heavy atom. The van der Waals surface area contributed by atoms with E-state index in [1.54, 1.807) is 6.20 Å². The first-order chi connectivity index (χ1) is 8.15. The van der Waals surface area contributed by atoms with E-state index in [1.807, 2.05) is 37.7 Å². The molecular formula is C13H20N2OS. The molecule has 1 aromatic rings. The molecule has 2 atom stereocenters. The van der Waals surface area contributed by atoms with Crippen molar-refractivity contribution in [1.82, 2.24) is 4.98 Å². The summed E-state index contributed by atoms with van der Waals surface area (Å²) in [6, 6.07) is 4.52. The Kier molecular flexibility index (Phi) is 4.15. The summed E-state index contributed by atoms with van der Waals surface area (Å²) in [5.41, 5.74) is 1.01. The first-order valence-electron chi connectivity index (χ1n) is 6.15. The Labute approximate surface area is 107 Å². The zero-order chi connectivity index (χ0) is 12.3. The summed E-state index contributed by atoms with van der Waals surface area (Å²) in [6.45, 7) is 6.32.